The van der Waals surface area contributed by atoms with Gasteiger partial charge in [0.1, 0.15) is 17.9 Å². The van der Waals surface area contributed by atoms with Crippen molar-refractivity contribution in [2.24, 2.45) is 10.7 Å². The molecule has 0 bridgehead atoms. The van der Waals surface area contributed by atoms with Crippen LogP contribution in [0.5, 0.6) is 5.75 Å². The normalized spacial score (nSPS) is 16.9. The Morgan fingerprint density at radius 2 is 1.87 bits per heavy atom. The maximum absolute atomic E-state index is 13.9. The van der Waals surface area contributed by atoms with E-state index in [0.29, 0.717) is 17.2 Å². The number of halogens is 8. The second-order valence-electron chi connectivity index (χ2n) is 7.35. The van der Waals surface area contributed by atoms with Crippen molar-refractivity contribution in [3.8, 4) is 5.75 Å². The minimum absolute atomic E-state index is 0.175. The number of nitrogens with two attached hydrogens (primary N) is 1. The molecule has 218 valence electrons. The number of dihydropyridines is 1. The fraction of sp³-hybridized carbons (Fsp3) is 0.391. The van der Waals surface area contributed by atoms with Gasteiger partial charge in [-0.25, -0.2) is 9.18 Å². The van der Waals surface area contributed by atoms with E-state index in [1.165, 1.54) is 7.05 Å². The van der Waals surface area contributed by atoms with E-state index in [9.17, 15) is 40.6 Å². The lowest BCUT2D eigenvalue weighted by atomic mass is 9.98. The predicted octanol–water partition coefficient (Wildman–Crippen LogP) is 4.95. The van der Waals surface area contributed by atoms with Crippen molar-refractivity contribution >= 4 is 29.5 Å². The molecule has 8 nitrogen and oxygen atoms in total. The maximum Gasteiger partial charge on any atom is 0.420 e. The van der Waals surface area contributed by atoms with Gasteiger partial charge in [0, 0.05) is 30.6 Å². The highest BCUT2D eigenvalue weighted by atomic mass is 35.5. The highest BCUT2D eigenvalue weighted by molar-refractivity contribution is 6.22. The zero-order chi connectivity index (χ0) is 30.1. The summed E-state index contributed by atoms with van der Waals surface area (Å²) in [4.78, 5) is 17.1. The lowest BCUT2D eigenvalue weighted by molar-refractivity contribution is -0.143. The van der Waals surface area contributed by atoms with Crippen LogP contribution < -0.4 is 21.1 Å². The summed E-state index contributed by atoms with van der Waals surface area (Å²) in [6, 6.07) is 0.0925. The summed E-state index contributed by atoms with van der Waals surface area (Å²) in [5.41, 5.74) is -0.897. The maximum atomic E-state index is 13.9. The van der Waals surface area contributed by atoms with Gasteiger partial charge in [-0.15, -0.1) is 0 Å². The van der Waals surface area contributed by atoms with Crippen LogP contribution in [0.15, 0.2) is 47.1 Å². The molecule has 2 atom stereocenters. The molecule has 16 heteroatoms. The van der Waals surface area contributed by atoms with E-state index in [1.54, 1.807) is 0 Å². The molecule has 0 radical (unpaired) electrons. The minimum atomic E-state index is -5.40. The van der Waals surface area contributed by atoms with E-state index < -0.39 is 64.0 Å². The number of hydrogen-bond donors (Lipinski definition) is 4. The summed E-state index contributed by atoms with van der Waals surface area (Å²) >= 11 is 5.70. The number of aliphatic hydroxyl groups excluding tert-OH is 1. The quantitative estimate of drug-likeness (QED) is 0.118. The summed E-state index contributed by atoms with van der Waals surface area (Å²) in [5, 5.41) is 14.3. The van der Waals surface area contributed by atoms with Gasteiger partial charge in [-0.2, -0.15) is 26.3 Å². The Bertz CT molecular complexity index is 1130. The standard InChI is InChI=1S/C21H21ClF7N5O3.C2H6/c1-31-16(35)9-32-8-10(7-30)12-5-11(20(24,25)26)6-13(21(27,28)29)17(12)37-19(36)34(2)15-4-3-14(23)18(22)33-15;1-2/h3-8,16,18,31,33,35H,9,30H2,1-2H3;1-2H3/b10-7+,32-8?;. The first-order valence-electron chi connectivity index (χ1n) is 11.1. The van der Waals surface area contributed by atoms with Gasteiger partial charge in [-0.05, 0) is 31.3 Å². The van der Waals surface area contributed by atoms with Gasteiger partial charge in [-0.1, -0.05) is 25.4 Å². The van der Waals surface area contributed by atoms with Crippen LogP contribution in [0.1, 0.15) is 30.5 Å². The summed E-state index contributed by atoms with van der Waals surface area (Å²) in [6.45, 7) is 3.67. The molecule has 2 unspecified atom stereocenters. The number of carbonyl (C=O) groups is 1. The first-order valence-corrected chi connectivity index (χ1v) is 11.6. The summed E-state index contributed by atoms with van der Waals surface area (Å²) in [6.07, 6.45) is -9.87. The number of allylic oxidation sites excluding steroid dienone is 3. The number of ether oxygens (including phenoxy) is 1. The van der Waals surface area contributed by atoms with Crippen LogP contribution in [0.4, 0.5) is 35.5 Å². The number of nitrogens with zero attached hydrogens (tertiary/aromatic N) is 2. The molecule has 1 aliphatic rings. The SMILES string of the molecule is CC.CNC(O)CN=C/C(=C\N)c1cc(C(F)(F)F)cc(C(F)(F)F)c1OC(=O)N(C)C1=CC=C(F)C(Cl)N1. The Balaban J connectivity index is 0.00000371. The fourth-order valence-electron chi connectivity index (χ4n) is 2.82. The molecule has 0 fully saturated rings. The van der Waals surface area contributed by atoms with E-state index in [2.05, 4.69) is 15.6 Å². The number of hydrogen-bond acceptors (Lipinski definition) is 7. The number of aliphatic hydroxyl groups is 1. The molecular weight excluding hydrogens is 563 g/mol. The summed E-state index contributed by atoms with van der Waals surface area (Å²) in [7, 11) is 2.42. The molecule has 1 heterocycles. The average Bonchev–Trinajstić information content (AvgIpc) is 2.87. The third-order valence-corrected chi connectivity index (χ3v) is 5.11. The Morgan fingerprint density at radius 3 is 2.36 bits per heavy atom. The van der Waals surface area contributed by atoms with E-state index in [4.69, 9.17) is 22.1 Å². The molecule has 1 aromatic rings. The Kier molecular flexibility index (Phi) is 12.3. The molecule has 2 rings (SSSR count). The zero-order valence-electron chi connectivity index (χ0n) is 21.1. The Labute approximate surface area is 224 Å². The molecule has 0 saturated carbocycles. The van der Waals surface area contributed by atoms with E-state index in [1.807, 2.05) is 13.8 Å². The van der Waals surface area contributed by atoms with Crippen molar-refractivity contribution in [3.63, 3.8) is 0 Å². The predicted molar refractivity (Wildman–Crippen MR) is 132 cm³/mol. The second-order valence-corrected chi connectivity index (χ2v) is 7.79. The lowest BCUT2D eigenvalue weighted by Crippen LogP contribution is -2.40. The van der Waals surface area contributed by atoms with Gasteiger partial charge in [0.25, 0.3) is 0 Å². The third-order valence-electron chi connectivity index (χ3n) is 4.80. The van der Waals surface area contributed by atoms with E-state index in [-0.39, 0.29) is 18.4 Å². The van der Waals surface area contributed by atoms with Crippen LogP contribution in [-0.2, 0) is 12.4 Å². The van der Waals surface area contributed by atoms with E-state index in [0.717, 1.165) is 25.4 Å². The van der Waals surface area contributed by atoms with Crippen molar-refractivity contribution in [2.45, 2.75) is 37.9 Å². The molecule has 1 amide bonds. The molecule has 39 heavy (non-hydrogen) atoms. The van der Waals surface area contributed by atoms with Crippen molar-refractivity contribution in [2.75, 3.05) is 20.6 Å². The molecule has 0 aromatic heterocycles. The number of benzene rings is 1. The molecule has 0 saturated heterocycles. The number of rotatable bonds is 7. The topological polar surface area (TPSA) is 112 Å². The molecule has 1 aliphatic heterocycles. The number of nitrogens with one attached hydrogen (secondary N) is 2. The van der Waals surface area contributed by atoms with Gasteiger partial charge in [0.15, 0.2) is 11.3 Å². The smallest absolute Gasteiger partial charge is 0.409 e. The van der Waals surface area contributed by atoms with Crippen LogP contribution in [0.2, 0.25) is 0 Å². The summed E-state index contributed by atoms with van der Waals surface area (Å²) in [5.74, 6) is -2.28. The average molecular weight is 590 g/mol. The van der Waals surface area contributed by atoms with Gasteiger partial charge in [0.05, 0.1) is 17.7 Å². The number of aliphatic imine (C=N–C) groups is 1. The largest absolute Gasteiger partial charge is 0.420 e. The van der Waals surface area contributed by atoms with Gasteiger partial charge >= 0.3 is 18.4 Å². The van der Waals surface area contributed by atoms with Crippen molar-refractivity contribution in [1.82, 2.24) is 15.5 Å². The zero-order valence-corrected chi connectivity index (χ0v) is 21.8. The van der Waals surface area contributed by atoms with Gasteiger partial charge in [0.2, 0.25) is 0 Å². The first-order chi connectivity index (χ1) is 18.1. The highest BCUT2D eigenvalue weighted by Gasteiger charge is 2.41. The number of carbonyl (C=O) groups excluding carboxylic acids is 1. The molecule has 5 N–H and O–H groups in total. The third kappa shape index (κ3) is 9.14. The highest BCUT2D eigenvalue weighted by Crippen LogP contribution is 2.44. The van der Waals surface area contributed by atoms with Crippen molar-refractivity contribution in [3.05, 3.63) is 58.8 Å². The van der Waals surface area contributed by atoms with E-state index >= 15 is 0 Å². The van der Waals surface area contributed by atoms with Crippen molar-refractivity contribution in [1.29, 1.82) is 0 Å². The van der Waals surface area contributed by atoms with Crippen LogP contribution in [0.3, 0.4) is 0 Å². The monoisotopic (exact) mass is 589 g/mol. The van der Waals surface area contributed by atoms with Crippen LogP contribution in [0.25, 0.3) is 5.57 Å². The number of amides is 1. The summed E-state index contributed by atoms with van der Waals surface area (Å²) < 4.78 is 100. The van der Waals surface area contributed by atoms with Gasteiger partial charge in [-0.3, -0.25) is 15.2 Å². The molecule has 1 aromatic carbocycles. The Morgan fingerprint density at radius 1 is 1.26 bits per heavy atom. The van der Waals surface area contributed by atoms with Crippen molar-refractivity contribution < 1.29 is 45.4 Å². The fourth-order valence-corrected chi connectivity index (χ4v) is 3.01. The molecule has 0 aliphatic carbocycles. The van der Waals surface area contributed by atoms with Crippen LogP contribution in [0, 0.1) is 0 Å². The molecule has 0 spiro atoms. The lowest BCUT2D eigenvalue weighted by Gasteiger charge is -2.26. The first kappa shape index (κ1) is 33.7. The van der Waals surface area contributed by atoms with Gasteiger partial charge < -0.3 is 20.9 Å². The molecular formula is C23H27ClF7N5O3. The van der Waals surface area contributed by atoms with Crippen LogP contribution in [-0.4, -0.2) is 54.7 Å². The number of alkyl halides is 7. The minimum Gasteiger partial charge on any atom is -0.409 e. The number of likely N-dealkylation sites (N-methyl/N-ethyl adjacent to an activating group) is 1. The second kappa shape index (κ2) is 14.2. The van der Waals surface area contributed by atoms with Crippen LogP contribution >= 0.6 is 11.6 Å². The Hall–Kier alpha value is -3.30.